The Morgan fingerprint density at radius 3 is 2.84 bits per heavy atom. The van der Waals surface area contributed by atoms with Crippen LogP contribution in [0.25, 0.3) is 10.4 Å². The molecular formula is C16H17NOS. The van der Waals surface area contributed by atoms with Crippen LogP contribution in [0.2, 0.25) is 0 Å². The molecule has 1 aliphatic rings. The van der Waals surface area contributed by atoms with E-state index in [1.54, 1.807) is 6.92 Å². The summed E-state index contributed by atoms with van der Waals surface area (Å²) < 4.78 is 0. The number of benzene rings is 1. The van der Waals surface area contributed by atoms with Gasteiger partial charge in [-0.25, -0.2) is 0 Å². The van der Waals surface area contributed by atoms with E-state index in [0.29, 0.717) is 0 Å². The molecule has 0 aliphatic heterocycles. The van der Waals surface area contributed by atoms with E-state index in [1.165, 1.54) is 33.6 Å². The molecule has 0 spiro atoms. The van der Waals surface area contributed by atoms with Gasteiger partial charge in [-0.05, 0) is 72.0 Å². The number of aryl methyl sites for hydroxylation is 3. The van der Waals surface area contributed by atoms with Gasteiger partial charge in [-0.2, -0.15) is 0 Å². The Kier molecular flexibility index (Phi) is 3.15. The summed E-state index contributed by atoms with van der Waals surface area (Å²) in [6, 6.07) is 6.46. The van der Waals surface area contributed by atoms with Crippen LogP contribution in [0, 0.1) is 6.92 Å². The van der Waals surface area contributed by atoms with Gasteiger partial charge in [0.15, 0.2) is 0 Å². The minimum absolute atomic E-state index is 0.00946. The Morgan fingerprint density at radius 1 is 1.26 bits per heavy atom. The number of anilines is 1. The Bertz CT molecular complexity index is 642. The van der Waals surface area contributed by atoms with E-state index in [4.69, 9.17) is 0 Å². The summed E-state index contributed by atoms with van der Waals surface area (Å²) in [6.45, 7) is 3.69. The maximum absolute atomic E-state index is 11.2. The number of hydrogen-bond acceptors (Lipinski definition) is 2. The molecule has 3 heteroatoms. The SMILES string of the molecule is CC(=O)Nc1cc(C)c2c(c1)CCCc1ccsc1-2. The number of hydrogen-bond donors (Lipinski definition) is 1. The van der Waals surface area contributed by atoms with E-state index in [2.05, 4.69) is 35.8 Å². The smallest absolute Gasteiger partial charge is 0.221 e. The fourth-order valence-corrected chi connectivity index (χ4v) is 3.98. The summed E-state index contributed by atoms with van der Waals surface area (Å²) in [5, 5.41) is 5.08. The van der Waals surface area contributed by atoms with Crippen molar-refractivity contribution in [3.05, 3.63) is 40.3 Å². The van der Waals surface area contributed by atoms with Crippen LogP contribution in [-0.2, 0) is 17.6 Å². The highest BCUT2D eigenvalue weighted by molar-refractivity contribution is 7.13. The zero-order valence-corrected chi connectivity index (χ0v) is 12.1. The minimum atomic E-state index is -0.00946. The van der Waals surface area contributed by atoms with E-state index in [1.807, 2.05) is 11.3 Å². The van der Waals surface area contributed by atoms with Crippen molar-refractivity contribution in [1.82, 2.24) is 0 Å². The van der Waals surface area contributed by atoms with Crippen LogP contribution in [0.15, 0.2) is 23.6 Å². The lowest BCUT2D eigenvalue weighted by Crippen LogP contribution is -2.07. The van der Waals surface area contributed by atoms with E-state index in [0.717, 1.165) is 18.5 Å². The number of carbonyl (C=O) groups is 1. The Labute approximate surface area is 117 Å². The summed E-state index contributed by atoms with van der Waals surface area (Å²) in [5.74, 6) is -0.00946. The number of rotatable bonds is 1. The Hall–Kier alpha value is -1.61. The largest absolute Gasteiger partial charge is 0.326 e. The van der Waals surface area contributed by atoms with E-state index in [-0.39, 0.29) is 5.91 Å². The van der Waals surface area contributed by atoms with Gasteiger partial charge in [0, 0.05) is 17.5 Å². The third kappa shape index (κ3) is 2.30. The highest BCUT2D eigenvalue weighted by Gasteiger charge is 2.18. The maximum atomic E-state index is 11.2. The number of nitrogens with one attached hydrogen (secondary N) is 1. The van der Waals surface area contributed by atoms with Crippen LogP contribution in [0.1, 0.15) is 30.0 Å². The fraction of sp³-hybridized carbons (Fsp3) is 0.312. The van der Waals surface area contributed by atoms with Gasteiger partial charge in [0.05, 0.1) is 0 Å². The van der Waals surface area contributed by atoms with Gasteiger partial charge in [0.25, 0.3) is 0 Å². The number of fused-ring (bicyclic) bond motifs is 3. The predicted octanol–water partition coefficient (Wildman–Crippen LogP) is 4.17. The molecule has 3 rings (SSSR count). The maximum Gasteiger partial charge on any atom is 0.221 e. The zero-order chi connectivity index (χ0) is 13.4. The summed E-state index contributed by atoms with van der Waals surface area (Å²) in [5.41, 5.74) is 6.40. The van der Waals surface area contributed by atoms with Crippen LogP contribution >= 0.6 is 11.3 Å². The second-order valence-corrected chi connectivity index (χ2v) is 6.05. The van der Waals surface area contributed by atoms with Crippen molar-refractivity contribution in [2.75, 3.05) is 5.32 Å². The third-order valence-electron chi connectivity index (χ3n) is 3.60. The molecule has 0 atom stereocenters. The molecule has 1 aromatic heterocycles. The topological polar surface area (TPSA) is 29.1 Å². The highest BCUT2D eigenvalue weighted by Crippen LogP contribution is 2.39. The second kappa shape index (κ2) is 4.82. The molecule has 1 amide bonds. The van der Waals surface area contributed by atoms with Crippen molar-refractivity contribution in [3.8, 4) is 10.4 Å². The van der Waals surface area contributed by atoms with Crippen molar-refractivity contribution < 1.29 is 4.79 Å². The normalized spacial score (nSPS) is 13.4. The first-order chi connectivity index (χ1) is 9.15. The number of carbonyl (C=O) groups excluding carboxylic acids is 1. The molecule has 98 valence electrons. The van der Waals surface area contributed by atoms with Crippen LogP contribution in [0.4, 0.5) is 5.69 Å². The van der Waals surface area contributed by atoms with Gasteiger partial charge in [-0.1, -0.05) is 0 Å². The van der Waals surface area contributed by atoms with Gasteiger partial charge in [-0.15, -0.1) is 11.3 Å². The molecule has 0 bridgehead atoms. The molecule has 0 radical (unpaired) electrons. The fourth-order valence-electron chi connectivity index (χ4n) is 2.88. The summed E-state index contributed by atoms with van der Waals surface area (Å²) in [6.07, 6.45) is 3.42. The lowest BCUT2D eigenvalue weighted by atomic mass is 9.97. The molecule has 0 fully saturated rings. The van der Waals surface area contributed by atoms with E-state index in [9.17, 15) is 4.79 Å². The molecule has 1 heterocycles. The van der Waals surface area contributed by atoms with Crippen LogP contribution in [0.3, 0.4) is 0 Å². The molecule has 0 saturated carbocycles. The van der Waals surface area contributed by atoms with Crippen LogP contribution < -0.4 is 5.32 Å². The molecule has 1 N–H and O–H groups in total. The van der Waals surface area contributed by atoms with Crippen molar-refractivity contribution in [2.24, 2.45) is 0 Å². The summed E-state index contributed by atoms with van der Waals surface area (Å²) in [7, 11) is 0. The molecule has 0 unspecified atom stereocenters. The third-order valence-corrected chi connectivity index (χ3v) is 4.58. The molecule has 19 heavy (non-hydrogen) atoms. The summed E-state index contributed by atoms with van der Waals surface area (Å²) >= 11 is 1.83. The Morgan fingerprint density at radius 2 is 2.05 bits per heavy atom. The predicted molar refractivity (Wildman–Crippen MR) is 80.8 cm³/mol. The van der Waals surface area contributed by atoms with Crippen LogP contribution in [0.5, 0.6) is 0 Å². The van der Waals surface area contributed by atoms with Gasteiger partial charge in [0.1, 0.15) is 0 Å². The lowest BCUT2D eigenvalue weighted by molar-refractivity contribution is -0.114. The molecule has 2 nitrogen and oxygen atoms in total. The first-order valence-corrected chi connectivity index (χ1v) is 7.51. The summed E-state index contributed by atoms with van der Waals surface area (Å²) in [4.78, 5) is 12.6. The first-order valence-electron chi connectivity index (χ1n) is 6.63. The number of amides is 1. The molecule has 0 saturated heterocycles. The van der Waals surface area contributed by atoms with Crippen LogP contribution in [-0.4, -0.2) is 5.91 Å². The first kappa shape index (κ1) is 12.4. The van der Waals surface area contributed by atoms with Gasteiger partial charge in [0.2, 0.25) is 5.91 Å². The monoisotopic (exact) mass is 271 g/mol. The van der Waals surface area contributed by atoms with Gasteiger partial charge in [-0.3, -0.25) is 4.79 Å². The zero-order valence-electron chi connectivity index (χ0n) is 11.2. The minimum Gasteiger partial charge on any atom is -0.326 e. The molecule has 1 aromatic carbocycles. The number of thiophene rings is 1. The van der Waals surface area contributed by atoms with Crippen molar-refractivity contribution in [2.45, 2.75) is 33.1 Å². The van der Waals surface area contributed by atoms with E-state index < -0.39 is 0 Å². The van der Waals surface area contributed by atoms with Gasteiger partial charge >= 0.3 is 0 Å². The molecular weight excluding hydrogens is 254 g/mol. The second-order valence-electron chi connectivity index (χ2n) is 5.14. The van der Waals surface area contributed by atoms with Gasteiger partial charge < -0.3 is 5.32 Å². The Balaban J connectivity index is 2.14. The molecule has 1 aliphatic carbocycles. The lowest BCUT2D eigenvalue weighted by Gasteiger charge is -2.13. The average Bonchev–Trinajstić information content (AvgIpc) is 2.69. The average molecular weight is 271 g/mol. The quantitative estimate of drug-likeness (QED) is 0.828. The van der Waals surface area contributed by atoms with Crippen molar-refractivity contribution in [3.63, 3.8) is 0 Å². The van der Waals surface area contributed by atoms with E-state index >= 15 is 0 Å². The standard InChI is InChI=1S/C16H17NOS/c1-10-8-14(17-11(2)18)9-13-5-3-4-12-6-7-19-16(12)15(10)13/h6-9H,3-5H2,1-2H3,(H,17,18). The highest BCUT2D eigenvalue weighted by atomic mass is 32.1. The van der Waals surface area contributed by atoms with Crippen molar-refractivity contribution in [1.29, 1.82) is 0 Å². The molecule has 2 aromatic rings. The van der Waals surface area contributed by atoms with Crippen molar-refractivity contribution >= 4 is 22.9 Å².